The van der Waals surface area contributed by atoms with Crippen LogP contribution in [0.2, 0.25) is 0 Å². The van der Waals surface area contributed by atoms with Crippen molar-refractivity contribution in [2.75, 3.05) is 34.2 Å². The van der Waals surface area contributed by atoms with Crippen LogP contribution in [0.15, 0.2) is 84.9 Å². The molecule has 0 unspecified atom stereocenters. The lowest BCUT2D eigenvalue weighted by atomic mass is 9.98. The predicted octanol–water partition coefficient (Wildman–Crippen LogP) is 2.80. The van der Waals surface area contributed by atoms with Crippen molar-refractivity contribution in [3.8, 4) is 0 Å². The van der Waals surface area contributed by atoms with Crippen LogP contribution >= 0.6 is 0 Å². The number of hydrogen-bond donors (Lipinski definition) is 2. The lowest BCUT2D eigenvalue weighted by molar-refractivity contribution is -0.146. The van der Waals surface area contributed by atoms with Gasteiger partial charge in [-0.2, -0.15) is 0 Å². The highest BCUT2D eigenvalue weighted by Gasteiger charge is 2.34. The fourth-order valence-electron chi connectivity index (χ4n) is 4.71. The van der Waals surface area contributed by atoms with E-state index in [1.807, 2.05) is 72.8 Å². The van der Waals surface area contributed by atoms with Gasteiger partial charge in [-0.05, 0) is 28.0 Å². The first-order valence-corrected chi connectivity index (χ1v) is 13.0. The fraction of sp³-hybridized carbons (Fsp3) is 0.323. The molecule has 2 atom stereocenters. The third-order valence-corrected chi connectivity index (χ3v) is 7.30. The van der Waals surface area contributed by atoms with Gasteiger partial charge in [0, 0.05) is 53.0 Å². The molecule has 3 amide bonds. The minimum Gasteiger partial charge on any atom is -0.357 e. The predicted molar refractivity (Wildman–Crippen MR) is 150 cm³/mol. The maximum atomic E-state index is 14.0. The molecule has 0 radical (unpaired) electrons. The van der Waals surface area contributed by atoms with Gasteiger partial charge < -0.3 is 20.4 Å². The second-order valence-corrected chi connectivity index (χ2v) is 9.90. The molecule has 7 heteroatoms. The van der Waals surface area contributed by atoms with E-state index in [4.69, 9.17) is 0 Å². The van der Waals surface area contributed by atoms with E-state index in [0.717, 1.165) is 35.0 Å². The first-order valence-electron chi connectivity index (χ1n) is 13.0. The maximum Gasteiger partial charge on any atom is 0.246 e. The number of rotatable bonds is 10. The molecule has 0 spiro atoms. The van der Waals surface area contributed by atoms with Crippen LogP contribution in [0.1, 0.15) is 11.1 Å². The highest BCUT2D eigenvalue weighted by molar-refractivity contribution is 5.95. The summed E-state index contributed by atoms with van der Waals surface area (Å²) in [5.74, 6) is -0.435. The normalized spacial score (nSPS) is 15.0. The van der Waals surface area contributed by atoms with Gasteiger partial charge >= 0.3 is 0 Å². The lowest BCUT2D eigenvalue weighted by Gasteiger charge is -2.34. The zero-order valence-electron chi connectivity index (χ0n) is 22.3. The highest BCUT2D eigenvalue weighted by Crippen LogP contribution is 2.20. The van der Waals surface area contributed by atoms with Gasteiger partial charge in [0.2, 0.25) is 17.7 Å². The zero-order valence-corrected chi connectivity index (χ0v) is 22.3. The van der Waals surface area contributed by atoms with Crippen LogP contribution in [0.25, 0.3) is 10.8 Å². The highest BCUT2D eigenvalue weighted by atomic mass is 16.2. The Morgan fingerprint density at radius 2 is 1.53 bits per heavy atom. The molecule has 3 aromatic carbocycles. The third kappa shape index (κ3) is 6.47. The standard InChI is InChI=1S/C31H36N4O3/c1-32-30(37)27(18-22-9-5-4-6-10-22)35(3)31(38)28(34(2)29(36)16-14-24-20-33-21-24)19-23-13-15-25-11-7-8-12-26(25)17-23/h4-17,24,27-28,33H,18-21H2,1-3H3,(H,32,37)/b16-14+/t27-,28+/m1/s1. The van der Waals surface area contributed by atoms with Crippen LogP contribution in [-0.2, 0) is 27.2 Å². The molecule has 1 heterocycles. The van der Waals surface area contributed by atoms with Crippen LogP contribution in [0.3, 0.4) is 0 Å². The summed E-state index contributed by atoms with van der Waals surface area (Å²) in [6.07, 6.45) is 4.17. The van der Waals surface area contributed by atoms with Crippen molar-refractivity contribution in [2.24, 2.45) is 5.92 Å². The number of likely N-dealkylation sites (N-methyl/N-ethyl adjacent to an activating group) is 3. The van der Waals surface area contributed by atoms with E-state index < -0.39 is 12.1 Å². The number of fused-ring (bicyclic) bond motifs is 1. The third-order valence-electron chi connectivity index (χ3n) is 7.30. The summed E-state index contributed by atoms with van der Waals surface area (Å²) >= 11 is 0. The first kappa shape index (κ1) is 27.1. The Hall–Kier alpha value is -3.97. The van der Waals surface area contributed by atoms with E-state index >= 15 is 0 Å². The average Bonchev–Trinajstić information content (AvgIpc) is 2.92. The number of nitrogens with zero attached hydrogens (tertiary/aromatic N) is 2. The molecule has 1 aliphatic rings. The summed E-state index contributed by atoms with van der Waals surface area (Å²) in [6.45, 7) is 1.70. The molecule has 0 aliphatic carbocycles. The first-order chi connectivity index (χ1) is 18.4. The Bertz CT molecular complexity index is 1300. The quantitative estimate of drug-likeness (QED) is 0.410. The van der Waals surface area contributed by atoms with Crippen molar-refractivity contribution >= 4 is 28.5 Å². The molecule has 2 N–H and O–H groups in total. The van der Waals surface area contributed by atoms with Gasteiger partial charge in [0.05, 0.1) is 0 Å². The molecule has 0 saturated carbocycles. The Morgan fingerprint density at radius 1 is 0.868 bits per heavy atom. The van der Waals surface area contributed by atoms with Gasteiger partial charge in [0.25, 0.3) is 0 Å². The summed E-state index contributed by atoms with van der Waals surface area (Å²) in [6, 6.07) is 22.3. The summed E-state index contributed by atoms with van der Waals surface area (Å²) in [5, 5.41) is 8.07. The molecule has 1 aliphatic heterocycles. The molecular formula is C31H36N4O3. The van der Waals surface area contributed by atoms with Crippen molar-refractivity contribution in [3.05, 3.63) is 96.1 Å². The summed E-state index contributed by atoms with van der Waals surface area (Å²) in [5.41, 5.74) is 1.90. The molecular weight excluding hydrogens is 476 g/mol. The molecule has 1 saturated heterocycles. The fourth-order valence-corrected chi connectivity index (χ4v) is 4.71. The molecule has 7 nitrogen and oxygen atoms in total. The molecule has 198 valence electrons. The summed E-state index contributed by atoms with van der Waals surface area (Å²) < 4.78 is 0. The van der Waals surface area contributed by atoms with Crippen molar-refractivity contribution < 1.29 is 14.4 Å². The number of carbonyl (C=O) groups is 3. The number of amides is 3. The smallest absolute Gasteiger partial charge is 0.246 e. The van der Waals surface area contributed by atoms with Crippen LogP contribution < -0.4 is 10.6 Å². The Labute approximate surface area is 224 Å². The van der Waals surface area contributed by atoms with Gasteiger partial charge in [0.1, 0.15) is 12.1 Å². The average molecular weight is 513 g/mol. The maximum absolute atomic E-state index is 14.0. The monoisotopic (exact) mass is 512 g/mol. The summed E-state index contributed by atoms with van der Waals surface area (Å²) in [7, 11) is 4.88. The Morgan fingerprint density at radius 3 is 2.18 bits per heavy atom. The van der Waals surface area contributed by atoms with Crippen molar-refractivity contribution in [2.45, 2.75) is 24.9 Å². The van der Waals surface area contributed by atoms with E-state index in [-0.39, 0.29) is 17.7 Å². The number of hydrogen-bond acceptors (Lipinski definition) is 4. The van der Waals surface area contributed by atoms with Crippen molar-refractivity contribution in [1.82, 2.24) is 20.4 Å². The van der Waals surface area contributed by atoms with E-state index in [0.29, 0.717) is 18.8 Å². The van der Waals surface area contributed by atoms with Gasteiger partial charge in [0.15, 0.2) is 0 Å². The van der Waals surface area contributed by atoms with Crippen molar-refractivity contribution in [3.63, 3.8) is 0 Å². The minimum absolute atomic E-state index is 0.232. The van der Waals surface area contributed by atoms with Crippen LogP contribution in [0.4, 0.5) is 0 Å². The van der Waals surface area contributed by atoms with Gasteiger partial charge in [-0.3, -0.25) is 14.4 Å². The van der Waals surface area contributed by atoms with Crippen LogP contribution in [0.5, 0.6) is 0 Å². The molecule has 38 heavy (non-hydrogen) atoms. The Kier molecular flexibility index (Phi) is 8.92. The lowest BCUT2D eigenvalue weighted by Crippen LogP contribution is -2.55. The van der Waals surface area contributed by atoms with Gasteiger partial charge in [-0.25, -0.2) is 0 Å². The topological polar surface area (TPSA) is 81.8 Å². The van der Waals surface area contributed by atoms with Gasteiger partial charge in [-0.15, -0.1) is 0 Å². The Balaban J connectivity index is 1.62. The molecule has 1 fully saturated rings. The SMILES string of the molecule is CNC(=O)[C@@H](Cc1ccccc1)N(C)C(=O)[C@H](Cc1ccc2ccccc2c1)N(C)C(=O)/C=C/C1CNC1. The number of nitrogens with one attached hydrogen (secondary N) is 2. The van der Waals surface area contributed by atoms with Crippen LogP contribution in [-0.4, -0.2) is 73.8 Å². The van der Waals surface area contributed by atoms with E-state index in [9.17, 15) is 14.4 Å². The van der Waals surface area contributed by atoms with E-state index in [1.54, 1.807) is 27.2 Å². The summed E-state index contributed by atoms with van der Waals surface area (Å²) in [4.78, 5) is 43.1. The molecule has 4 rings (SSSR count). The van der Waals surface area contributed by atoms with E-state index in [2.05, 4.69) is 16.7 Å². The second kappa shape index (κ2) is 12.5. The molecule has 0 aromatic heterocycles. The largest absolute Gasteiger partial charge is 0.357 e. The zero-order chi connectivity index (χ0) is 27.1. The molecule has 0 bridgehead atoms. The van der Waals surface area contributed by atoms with Crippen molar-refractivity contribution in [1.29, 1.82) is 0 Å². The number of benzene rings is 3. The van der Waals surface area contributed by atoms with Gasteiger partial charge in [-0.1, -0.05) is 78.9 Å². The minimum atomic E-state index is -0.777. The second-order valence-electron chi connectivity index (χ2n) is 9.90. The van der Waals surface area contributed by atoms with Crippen LogP contribution in [0, 0.1) is 5.92 Å². The van der Waals surface area contributed by atoms with E-state index in [1.165, 1.54) is 9.80 Å². The number of carbonyl (C=O) groups excluding carboxylic acids is 3. The molecule has 3 aromatic rings.